The van der Waals surface area contributed by atoms with E-state index in [0.717, 1.165) is 16.8 Å². The molecule has 0 atom stereocenters. The van der Waals surface area contributed by atoms with Gasteiger partial charge in [0.25, 0.3) is 17.5 Å². The van der Waals surface area contributed by atoms with Crippen LogP contribution in [0.5, 0.6) is 0 Å². The van der Waals surface area contributed by atoms with Gasteiger partial charge >= 0.3 is 0 Å². The maximum atomic E-state index is 12.8. The molecule has 1 aromatic carbocycles. The van der Waals surface area contributed by atoms with Crippen LogP contribution in [0.4, 0.5) is 5.69 Å². The number of hydrazine groups is 1. The molecule has 31 heavy (non-hydrogen) atoms. The summed E-state index contributed by atoms with van der Waals surface area (Å²) < 4.78 is 10.6. The zero-order valence-electron chi connectivity index (χ0n) is 17.3. The van der Waals surface area contributed by atoms with Crippen molar-refractivity contribution in [2.45, 2.75) is 20.8 Å². The molecule has 0 saturated carbocycles. The van der Waals surface area contributed by atoms with Crippen LogP contribution in [0.3, 0.4) is 0 Å². The first-order valence-electron chi connectivity index (χ1n) is 9.63. The average molecular weight is 419 g/mol. The number of carbonyl (C=O) groups is 2. The highest BCUT2D eigenvalue weighted by Gasteiger charge is 2.20. The number of hydrogen-bond acceptors (Lipinski definition) is 7. The van der Waals surface area contributed by atoms with Gasteiger partial charge in [0.05, 0.1) is 29.5 Å². The molecule has 0 fully saturated rings. The van der Waals surface area contributed by atoms with Gasteiger partial charge in [-0.05, 0) is 50.6 Å². The number of carbonyl (C=O) groups excluding carboxylic acids is 2. The summed E-state index contributed by atoms with van der Waals surface area (Å²) in [5, 5.41) is 7.41. The summed E-state index contributed by atoms with van der Waals surface area (Å²) in [6, 6.07) is 10.9. The lowest BCUT2D eigenvalue weighted by Gasteiger charge is -2.12. The Morgan fingerprint density at radius 2 is 1.90 bits per heavy atom. The summed E-state index contributed by atoms with van der Waals surface area (Å²) in [7, 11) is 0. The highest BCUT2D eigenvalue weighted by Crippen LogP contribution is 2.27. The summed E-state index contributed by atoms with van der Waals surface area (Å²) in [6.45, 7) is 5.67. The number of anilines is 1. The highest BCUT2D eigenvalue weighted by molar-refractivity contribution is 6.07. The Morgan fingerprint density at radius 1 is 1.06 bits per heavy atom. The van der Waals surface area contributed by atoms with Gasteiger partial charge in [-0.25, -0.2) is 4.98 Å². The Morgan fingerprint density at radius 3 is 2.65 bits per heavy atom. The second-order valence-electron chi connectivity index (χ2n) is 7.15. The van der Waals surface area contributed by atoms with Crippen LogP contribution < -0.4 is 16.2 Å². The van der Waals surface area contributed by atoms with E-state index in [1.165, 1.54) is 6.26 Å². The number of amides is 2. The molecule has 2 amide bonds. The van der Waals surface area contributed by atoms with Gasteiger partial charge < -0.3 is 14.3 Å². The van der Waals surface area contributed by atoms with Gasteiger partial charge in [-0.3, -0.25) is 20.4 Å². The Hall–Kier alpha value is -4.14. The lowest BCUT2D eigenvalue weighted by Crippen LogP contribution is -2.44. The van der Waals surface area contributed by atoms with Crippen molar-refractivity contribution in [1.29, 1.82) is 0 Å². The van der Waals surface area contributed by atoms with Crippen molar-refractivity contribution < 1.29 is 18.5 Å². The van der Waals surface area contributed by atoms with Crippen LogP contribution >= 0.6 is 0 Å². The van der Waals surface area contributed by atoms with Crippen molar-refractivity contribution in [2.75, 3.05) is 11.9 Å². The molecule has 158 valence electrons. The topological polar surface area (TPSA) is 122 Å². The molecule has 3 heterocycles. The zero-order valence-corrected chi connectivity index (χ0v) is 17.3. The van der Waals surface area contributed by atoms with Gasteiger partial charge in [-0.1, -0.05) is 22.9 Å². The highest BCUT2D eigenvalue weighted by atomic mass is 16.5. The summed E-state index contributed by atoms with van der Waals surface area (Å²) in [6.07, 6.45) is 1.51. The van der Waals surface area contributed by atoms with Gasteiger partial charge in [0.1, 0.15) is 5.69 Å². The van der Waals surface area contributed by atoms with E-state index in [9.17, 15) is 9.59 Å². The van der Waals surface area contributed by atoms with E-state index < -0.39 is 11.8 Å². The smallest absolute Gasteiger partial charge is 0.270 e. The van der Waals surface area contributed by atoms with Crippen molar-refractivity contribution in [3.63, 3.8) is 0 Å². The molecular weight excluding hydrogens is 398 g/mol. The molecular formula is C22H21N5O4. The standard InChI is InChI=1S/C22H21N5O4/c1-12-6-7-16(13(2)9-12)23-11-19(28)25-26-21(29)15-10-17(18-5-4-8-30-18)24-22-20(15)14(3)27-31-22/h4-10,23H,11H2,1-3H3,(H,25,28)(H,26,29). The van der Waals surface area contributed by atoms with Crippen molar-refractivity contribution in [1.82, 2.24) is 21.0 Å². The monoisotopic (exact) mass is 419 g/mol. The van der Waals surface area contributed by atoms with E-state index in [1.54, 1.807) is 25.1 Å². The minimum absolute atomic E-state index is 0.000123. The van der Waals surface area contributed by atoms with Crippen molar-refractivity contribution in [2.24, 2.45) is 0 Å². The number of furan rings is 1. The Bertz CT molecular complexity index is 1260. The Balaban J connectivity index is 1.47. The number of nitrogens with zero attached hydrogens (tertiary/aromatic N) is 2. The number of aryl methyl sites for hydroxylation is 3. The predicted octanol–water partition coefficient (Wildman–Crippen LogP) is 3.28. The molecule has 0 radical (unpaired) electrons. The van der Waals surface area contributed by atoms with Crippen LogP contribution in [0.25, 0.3) is 22.6 Å². The molecule has 3 N–H and O–H groups in total. The van der Waals surface area contributed by atoms with Crippen LogP contribution in [0.2, 0.25) is 0 Å². The largest absolute Gasteiger partial charge is 0.463 e. The third-order valence-electron chi connectivity index (χ3n) is 4.77. The maximum Gasteiger partial charge on any atom is 0.270 e. The minimum Gasteiger partial charge on any atom is -0.463 e. The lowest BCUT2D eigenvalue weighted by molar-refractivity contribution is -0.120. The van der Waals surface area contributed by atoms with Gasteiger partial charge in [0.15, 0.2) is 5.76 Å². The molecule has 0 spiro atoms. The number of nitrogens with one attached hydrogen (secondary N) is 3. The van der Waals surface area contributed by atoms with Gasteiger partial charge in [0.2, 0.25) is 0 Å². The van der Waals surface area contributed by atoms with Crippen molar-refractivity contribution in [3.8, 4) is 11.5 Å². The molecule has 0 saturated heterocycles. The fraction of sp³-hybridized carbons (Fsp3) is 0.182. The van der Waals surface area contributed by atoms with Crippen LogP contribution in [0, 0.1) is 20.8 Å². The summed E-state index contributed by atoms with van der Waals surface area (Å²) in [5.74, 6) is -0.440. The first-order chi connectivity index (χ1) is 14.9. The first-order valence-corrected chi connectivity index (χ1v) is 9.63. The van der Waals surface area contributed by atoms with Gasteiger partial charge in [-0.2, -0.15) is 0 Å². The summed E-state index contributed by atoms with van der Waals surface area (Å²) in [5.41, 5.74) is 9.28. The first kappa shape index (κ1) is 20.1. The van der Waals surface area contributed by atoms with E-state index in [-0.39, 0.29) is 17.8 Å². The van der Waals surface area contributed by atoms with Gasteiger partial charge in [-0.15, -0.1) is 0 Å². The maximum absolute atomic E-state index is 12.8. The van der Waals surface area contributed by atoms with Crippen LogP contribution in [0.15, 0.2) is 51.6 Å². The van der Waals surface area contributed by atoms with Crippen LogP contribution in [0.1, 0.15) is 27.2 Å². The average Bonchev–Trinajstić information content (AvgIpc) is 3.41. The summed E-state index contributed by atoms with van der Waals surface area (Å²) >= 11 is 0. The molecule has 3 aromatic heterocycles. The second kappa shape index (κ2) is 8.31. The molecule has 0 aliphatic carbocycles. The molecule has 0 bridgehead atoms. The van der Waals surface area contributed by atoms with E-state index in [2.05, 4.69) is 26.3 Å². The molecule has 9 heteroatoms. The Kier molecular flexibility index (Phi) is 5.40. The number of fused-ring (bicyclic) bond motifs is 1. The van der Waals surface area contributed by atoms with Gasteiger partial charge in [0, 0.05) is 5.69 Å². The summed E-state index contributed by atoms with van der Waals surface area (Å²) in [4.78, 5) is 29.4. The molecule has 0 aliphatic rings. The normalized spacial score (nSPS) is 10.8. The number of aromatic nitrogens is 2. The number of hydrogen-bond donors (Lipinski definition) is 3. The van der Waals surface area contributed by atoms with Crippen molar-refractivity contribution >= 4 is 28.6 Å². The Labute approximate surface area is 177 Å². The number of benzene rings is 1. The lowest BCUT2D eigenvalue weighted by atomic mass is 10.1. The molecule has 9 nitrogen and oxygen atoms in total. The predicted molar refractivity (Wildman–Crippen MR) is 114 cm³/mol. The third-order valence-corrected chi connectivity index (χ3v) is 4.77. The molecule has 0 aliphatic heterocycles. The van der Waals surface area contributed by atoms with Crippen molar-refractivity contribution in [3.05, 3.63) is 65.0 Å². The van der Waals surface area contributed by atoms with Crippen LogP contribution in [-0.4, -0.2) is 28.5 Å². The van der Waals surface area contributed by atoms with E-state index >= 15 is 0 Å². The SMILES string of the molecule is Cc1ccc(NCC(=O)NNC(=O)c2cc(-c3ccco3)nc3onc(C)c23)c(C)c1. The van der Waals surface area contributed by atoms with E-state index in [4.69, 9.17) is 8.94 Å². The molecule has 0 unspecified atom stereocenters. The molecule has 4 rings (SSSR count). The third kappa shape index (κ3) is 4.25. The van der Waals surface area contributed by atoms with E-state index in [1.807, 2.05) is 32.0 Å². The number of pyridine rings is 1. The fourth-order valence-electron chi connectivity index (χ4n) is 3.25. The second-order valence-corrected chi connectivity index (χ2v) is 7.15. The quantitative estimate of drug-likeness (QED) is 0.424. The fourth-order valence-corrected chi connectivity index (χ4v) is 3.25. The zero-order chi connectivity index (χ0) is 22.0. The van der Waals surface area contributed by atoms with Crippen LogP contribution in [-0.2, 0) is 4.79 Å². The number of rotatable bonds is 5. The van der Waals surface area contributed by atoms with E-state index in [0.29, 0.717) is 22.5 Å². The minimum atomic E-state index is -0.522. The molecule has 4 aromatic rings.